The molecule has 0 heterocycles. The molecule has 0 aromatic heterocycles. The summed E-state index contributed by atoms with van der Waals surface area (Å²) in [5.74, 6) is 0.457. The second kappa shape index (κ2) is 6.30. The van der Waals surface area contributed by atoms with Crippen LogP contribution in [0.2, 0.25) is 0 Å². The monoisotopic (exact) mass is 334 g/mol. The molecule has 0 amide bonds. The van der Waals surface area contributed by atoms with E-state index in [-0.39, 0.29) is 5.92 Å². The fraction of sp³-hybridized carbons (Fsp3) is 1.00. The van der Waals surface area contributed by atoms with E-state index in [9.17, 15) is 13.2 Å². The maximum Gasteiger partial charge on any atom is 0.389 e. The van der Waals surface area contributed by atoms with Gasteiger partial charge in [0.2, 0.25) is 0 Å². The van der Waals surface area contributed by atoms with Crippen LogP contribution in [0.5, 0.6) is 0 Å². The summed E-state index contributed by atoms with van der Waals surface area (Å²) in [4.78, 5) is 0. The molecule has 2 unspecified atom stereocenters. The number of rotatable bonds is 4. The fourth-order valence-electron chi connectivity index (χ4n) is 2.54. The first-order valence-corrected chi connectivity index (χ1v) is 7.16. The average Bonchev–Trinajstić information content (AvgIpc) is 2.12. The molecule has 2 atom stereocenters. The molecule has 1 aliphatic carbocycles. The molecule has 0 spiro atoms. The third-order valence-electron chi connectivity index (χ3n) is 3.16. The van der Waals surface area contributed by atoms with Gasteiger partial charge in [-0.3, -0.25) is 0 Å². The molecule has 90 valence electrons. The molecule has 0 N–H and O–H groups in total. The third kappa shape index (κ3) is 5.97. The predicted molar refractivity (Wildman–Crippen MR) is 64.2 cm³/mol. The van der Waals surface area contributed by atoms with E-state index in [1.165, 1.54) is 0 Å². The highest BCUT2D eigenvalue weighted by molar-refractivity contribution is 14.1. The lowest BCUT2D eigenvalue weighted by molar-refractivity contribution is -0.147. The van der Waals surface area contributed by atoms with Crippen LogP contribution in [0, 0.1) is 11.8 Å². The summed E-state index contributed by atoms with van der Waals surface area (Å²) in [6, 6.07) is 0. The van der Waals surface area contributed by atoms with Crippen LogP contribution in [0.4, 0.5) is 13.2 Å². The Labute approximate surface area is 103 Å². The van der Waals surface area contributed by atoms with E-state index in [0.29, 0.717) is 5.92 Å². The van der Waals surface area contributed by atoms with Crippen molar-refractivity contribution in [3.8, 4) is 0 Å². The molecule has 1 aliphatic rings. The van der Waals surface area contributed by atoms with Gasteiger partial charge in [-0.15, -0.1) is 0 Å². The Balaban J connectivity index is 2.29. The summed E-state index contributed by atoms with van der Waals surface area (Å²) < 4.78 is 37.8. The summed E-state index contributed by atoms with van der Waals surface area (Å²) in [5.41, 5.74) is 0. The highest BCUT2D eigenvalue weighted by Crippen LogP contribution is 2.38. The summed E-state index contributed by atoms with van der Waals surface area (Å²) in [5, 5.41) is 0. The molecule has 15 heavy (non-hydrogen) atoms. The molecule has 0 saturated heterocycles. The standard InChI is InChI=1S/C11H18F3I/c12-11(13,14)8-10-4-1-3-9(7-10)5-2-6-15/h9-10H,1-8H2. The predicted octanol–water partition coefficient (Wildman–Crippen LogP) is 4.96. The van der Waals surface area contributed by atoms with Crippen molar-refractivity contribution in [2.45, 2.75) is 51.1 Å². The van der Waals surface area contributed by atoms with E-state index in [1.54, 1.807) is 0 Å². The van der Waals surface area contributed by atoms with Crippen molar-refractivity contribution in [1.29, 1.82) is 0 Å². The maximum absolute atomic E-state index is 12.2. The highest BCUT2D eigenvalue weighted by atomic mass is 127. The van der Waals surface area contributed by atoms with Crippen LogP contribution < -0.4 is 0 Å². The van der Waals surface area contributed by atoms with Gasteiger partial charge in [-0.1, -0.05) is 41.9 Å². The van der Waals surface area contributed by atoms with Gasteiger partial charge in [0.25, 0.3) is 0 Å². The van der Waals surface area contributed by atoms with Gasteiger partial charge in [-0.05, 0) is 35.5 Å². The van der Waals surface area contributed by atoms with E-state index >= 15 is 0 Å². The molecule has 0 radical (unpaired) electrons. The van der Waals surface area contributed by atoms with E-state index in [2.05, 4.69) is 22.6 Å². The molecular weight excluding hydrogens is 316 g/mol. The Morgan fingerprint density at radius 1 is 1.13 bits per heavy atom. The average molecular weight is 334 g/mol. The molecule has 1 fully saturated rings. The minimum Gasteiger partial charge on any atom is -0.171 e. The second-order valence-electron chi connectivity index (χ2n) is 4.55. The smallest absolute Gasteiger partial charge is 0.171 e. The van der Waals surface area contributed by atoms with Crippen molar-refractivity contribution < 1.29 is 13.2 Å². The number of hydrogen-bond donors (Lipinski definition) is 0. The van der Waals surface area contributed by atoms with Gasteiger partial charge >= 0.3 is 6.18 Å². The third-order valence-corrected chi connectivity index (χ3v) is 3.92. The molecule has 0 bridgehead atoms. The van der Waals surface area contributed by atoms with Gasteiger partial charge in [-0.2, -0.15) is 13.2 Å². The first kappa shape index (κ1) is 13.6. The number of hydrogen-bond acceptors (Lipinski definition) is 0. The van der Waals surface area contributed by atoms with Crippen molar-refractivity contribution in [3.05, 3.63) is 0 Å². The van der Waals surface area contributed by atoms with Crippen molar-refractivity contribution in [2.75, 3.05) is 4.43 Å². The Hall–Kier alpha value is 0.520. The summed E-state index contributed by atoms with van der Waals surface area (Å²) in [6.07, 6.45) is 1.47. The highest BCUT2D eigenvalue weighted by Gasteiger charge is 2.34. The number of halogens is 4. The van der Waals surface area contributed by atoms with Crippen LogP contribution in [-0.2, 0) is 0 Å². The first-order chi connectivity index (χ1) is 7.01. The van der Waals surface area contributed by atoms with E-state index in [4.69, 9.17) is 0 Å². The molecule has 1 saturated carbocycles. The summed E-state index contributed by atoms with van der Waals surface area (Å²) in [6.45, 7) is 0. The minimum absolute atomic E-state index is 0.0991. The van der Waals surface area contributed by atoms with E-state index in [0.717, 1.165) is 43.0 Å². The van der Waals surface area contributed by atoms with Crippen molar-refractivity contribution in [1.82, 2.24) is 0 Å². The van der Waals surface area contributed by atoms with Gasteiger partial charge < -0.3 is 0 Å². The minimum atomic E-state index is -3.96. The lowest BCUT2D eigenvalue weighted by atomic mass is 9.78. The van der Waals surface area contributed by atoms with Crippen LogP contribution in [0.3, 0.4) is 0 Å². The first-order valence-electron chi connectivity index (χ1n) is 5.64. The van der Waals surface area contributed by atoms with Crippen molar-refractivity contribution in [2.24, 2.45) is 11.8 Å². The molecular formula is C11H18F3I. The van der Waals surface area contributed by atoms with Crippen molar-refractivity contribution in [3.63, 3.8) is 0 Å². The van der Waals surface area contributed by atoms with Gasteiger partial charge in [0.15, 0.2) is 0 Å². The van der Waals surface area contributed by atoms with Crippen LogP contribution in [0.25, 0.3) is 0 Å². The zero-order valence-corrected chi connectivity index (χ0v) is 11.0. The quantitative estimate of drug-likeness (QED) is 0.503. The molecule has 0 nitrogen and oxygen atoms in total. The Kier molecular flexibility index (Phi) is 5.71. The van der Waals surface area contributed by atoms with Gasteiger partial charge in [-0.25, -0.2) is 0 Å². The van der Waals surface area contributed by atoms with Crippen LogP contribution in [0.15, 0.2) is 0 Å². The molecule has 0 aromatic carbocycles. The Bertz CT molecular complexity index is 179. The van der Waals surface area contributed by atoms with Gasteiger partial charge in [0.1, 0.15) is 0 Å². The van der Waals surface area contributed by atoms with Crippen molar-refractivity contribution >= 4 is 22.6 Å². The number of alkyl halides is 4. The molecule has 0 aliphatic heterocycles. The van der Waals surface area contributed by atoms with E-state index in [1.807, 2.05) is 0 Å². The zero-order chi connectivity index (χ0) is 11.3. The van der Waals surface area contributed by atoms with Crippen LogP contribution in [-0.4, -0.2) is 10.6 Å². The summed E-state index contributed by atoms with van der Waals surface area (Å²) >= 11 is 2.33. The topological polar surface area (TPSA) is 0 Å². The van der Waals surface area contributed by atoms with E-state index < -0.39 is 12.6 Å². The Morgan fingerprint density at radius 3 is 2.40 bits per heavy atom. The lowest BCUT2D eigenvalue weighted by Gasteiger charge is -2.29. The lowest BCUT2D eigenvalue weighted by Crippen LogP contribution is -2.21. The zero-order valence-electron chi connectivity index (χ0n) is 8.82. The molecule has 0 aromatic rings. The largest absolute Gasteiger partial charge is 0.389 e. The molecule has 4 heteroatoms. The van der Waals surface area contributed by atoms with Crippen LogP contribution >= 0.6 is 22.6 Å². The SMILES string of the molecule is FC(F)(F)CC1CCCC(CCCI)C1. The Morgan fingerprint density at radius 2 is 1.80 bits per heavy atom. The van der Waals surface area contributed by atoms with Gasteiger partial charge in [0, 0.05) is 6.42 Å². The fourth-order valence-corrected chi connectivity index (χ4v) is 2.98. The molecule has 1 rings (SSSR count). The summed E-state index contributed by atoms with van der Waals surface area (Å²) in [7, 11) is 0. The maximum atomic E-state index is 12.2. The van der Waals surface area contributed by atoms with Crippen LogP contribution in [0.1, 0.15) is 44.9 Å². The van der Waals surface area contributed by atoms with Gasteiger partial charge in [0.05, 0.1) is 0 Å². The normalized spacial score (nSPS) is 28.0. The second-order valence-corrected chi connectivity index (χ2v) is 5.63.